The number of rotatable bonds is 2. The van der Waals surface area contributed by atoms with Gasteiger partial charge < -0.3 is 5.73 Å². The molecule has 1 aliphatic rings. The topological polar surface area (TPSA) is 53.0 Å². The largest absolute Gasteiger partial charge is 0.328 e. The van der Waals surface area contributed by atoms with Crippen LogP contribution in [0.4, 0.5) is 0 Å². The van der Waals surface area contributed by atoms with Crippen LogP contribution in [0.5, 0.6) is 0 Å². The van der Waals surface area contributed by atoms with Gasteiger partial charge in [-0.05, 0) is 37.5 Å². The van der Waals surface area contributed by atoms with Gasteiger partial charge in [-0.1, -0.05) is 17.7 Å². The molecular formula is C14H18ClN3. The molecule has 96 valence electrons. The van der Waals surface area contributed by atoms with Crippen molar-refractivity contribution >= 4 is 11.6 Å². The van der Waals surface area contributed by atoms with Crippen LogP contribution >= 0.6 is 11.6 Å². The highest BCUT2D eigenvalue weighted by Gasteiger charge is 2.23. The molecule has 0 spiro atoms. The van der Waals surface area contributed by atoms with Crippen LogP contribution in [0.2, 0.25) is 5.02 Å². The molecule has 0 amide bonds. The molecule has 1 heterocycles. The van der Waals surface area contributed by atoms with Crippen LogP contribution in [0.15, 0.2) is 18.2 Å². The van der Waals surface area contributed by atoms with Crippen LogP contribution < -0.4 is 5.73 Å². The number of nitriles is 1. The first-order valence-corrected chi connectivity index (χ1v) is 6.66. The summed E-state index contributed by atoms with van der Waals surface area (Å²) in [5, 5.41) is 9.49. The molecule has 0 bridgehead atoms. The van der Waals surface area contributed by atoms with E-state index in [1.165, 1.54) is 0 Å². The average molecular weight is 264 g/mol. The number of likely N-dealkylation sites (tertiary alicyclic amines) is 1. The Morgan fingerprint density at radius 1 is 1.56 bits per heavy atom. The molecule has 2 atom stereocenters. The van der Waals surface area contributed by atoms with Crippen molar-refractivity contribution in [3.05, 3.63) is 34.3 Å². The van der Waals surface area contributed by atoms with Gasteiger partial charge in [-0.2, -0.15) is 5.26 Å². The van der Waals surface area contributed by atoms with Crippen LogP contribution in [0, 0.1) is 11.3 Å². The lowest BCUT2D eigenvalue weighted by Gasteiger charge is -2.36. The molecule has 18 heavy (non-hydrogen) atoms. The lowest BCUT2D eigenvalue weighted by molar-refractivity contribution is 0.140. The minimum Gasteiger partial charge on any atom is -0.328 e. The number of piperidine rings is 1. The summed E-state index contributed by atoms with van der Waals surface area (Å²) >= 11 is 6.20. The Kier molecular flexibility index (Phi) is 4.23. The van der Waals surface area contributed by atoms with Crippen LogP contribution in [0.25, 0.3) is 0 Å². The van der Waals surface area contributed by atoms with E-state index < -0.39 is 0 Å². The van der Waals surface area contributed by atoms with Crippen molar-refractivity contribution in [1.82, 2.24) is 4.90 Å². The first-order valence-electron chi connectivity index (χ1n) is 6.28. The molecule has 1 aromatic carbocycles. The van der Waals surface area contributed by atoms with Crippen LogP contribution in [-0.4, -0.2) is 23.5 Å². The maximum atomic E-state index is 8.81. The summed E-state index contributed by atoms with van der Waals surface area (Å²) in [6.45, 7) is 4.05. The normalized spacial score (nSPS) is 24.8. The molecule has 2 rings (SSSR count). The Morgan fingerprint density at radius 2 is 2.33 bits per heavy atom. The number of hydrogen-bond donors (Lipinski definition) is 1. The fourth-order valence-electron chi connectivity index (χ4n) is 2.46. The van der Waals surface area contributed by atoms with E-state index in [0.717, 1.165) is 31.5 Å². The van der Waals surface area contributed by atoms with Crippen molar-refractivity contribution in [2.24, 2.45) is 5.73 Å². The van der Waals surface area contributed by atoms with Gasteiger partial charge in [0.05, 0.1) is 11.6 Å². The smallest absolute Gasteiger partial charge is 0.0992 e. The molecule has 4 heteroatoms. The van der Waals surface area contributed by atoms with Gasteiger partial charge in [0.1, 0.15) is 0 Å². The summed E-state index contributed by atoms with van der Waals surface area (Å²) in [6, 6.07) is 8.41. The van der Waals surface area contributed by atoms with Crippen molar-refractivity contribution in [2.45, 2.75) is 38.4 Å². The first-order chi connectivity index (χ1) is 8.60. The Morgan fingerprint density at radius 3 is 2.94 bits per heavy atom. The second-order valence-corrected chi connectivity index (χ2v) is 5.43. The lowest BCUT2D eigenvalue weighted by atomic mass is 9.98. The summed E-state index contributed by atoms with van der Waals surface area (Å²) < 4.78 is 0. The van der Waals surface area contributed by atoms with Crippen LogP contribution in [0.1, 0.15) is 30.9 Å². The number of nitrogens with two attached hydrogens (primary N) is 1. The Labute approximate surface area is 113 Å². The molecule has 0 saturated carbocycles. The average Bonchev–Trinajstić information content (AvgIpc) is 2.34. The Bertz CT molecular complexity index is 467. The van der Waals surface area contributed by atoms with E-state index >= 15 is 0 Å². The molecule has 1 fully saturated rings. The predicted octanol–water partition coefficient (Wildman–Crippen LogP) is 2.52. The molecule has 3 nitrogen and oxygen atoms in total. The van der Waals surface area contributed by atoms with Crippen molar-refractivity contribution in [2.75, 3.05) is 6.54 Å². The third kappa shape index (κ3) is 3.02. The number of hydrogen-bond acceptors (Lipinski definition) is 3. The van der Waals surface area contributed by atoms with Crippen molar-refractivity contribution < 1.29 is 0 Å². The van der Waals surface area contributed by atoms with E-state index in [-0.39, 0.29) is 0 Å². The quantitative estimate of drug-likeness (QED) is 0.892. The van der Waals surface area contributed by atoms with Crippen molar-refractivity contribution in [3.8, 4) is 6.07 Å². The third-order valence-corrected chi connectivity index (χ3v) is 3.96. The van der Waals surface area contributed by atoms with Gasteiger partial charge in [0.25, 0.3) is 0 Å². The molecule has 0 aliphatic carbocycles. The monoisotopic (exact) mass is 263 g/mol. The van der Waals surface area contributed by atoms with Crippen LogP contribution in [0.3, 0.4) is 0 Å². The van der Waals surface area contributed by atoms with Gasteiger partial charge in [-0.3, -0.25) is 4.90 Å². The van der Waals surface area contributed by atoms with Gasteiger partial charge in [0, 0.05) is 30.2 Å². The highest BCUT2D eigenvalue weighted by atomic mass is 35.5. The standard InChI is InChI=1S/C14H18ClN3/c1-10-6-13(17)4-5-18(10)9-12-3-2-11(8-16)7-14(12)15/h2-3,7,10,13H,4-6,9,17H2,1H3. The zero-order valence-corrected chi connectivity index (χ0v) is 11.3. The fourth-order valence-corrected chi connectivity index (χ4v) is 2.70. The van der Waals surface area contributed by atoms with E-state index in [4.69, 9.17) is 22.6 Å². The highest BCUT2D eigenvalue weighted by molar-refractivity contribution is 6.31. The lowest BCUT2D eigenvalue weighted by Crippen LogP contribution is -2.44. The second kappa shape index (κ2) is 5.71. The predicted molar refractivity (Wildman–Crippen MR) is 73.2 cm³/mol. The highest BCUT2D eigenvalue weighted by Crippen LogP contribution is 2.23. The second-order valence-electron chi connectivity index (χ2n) is 5.02. The summed E-state index contributed by atoms with van der Waals surface area (Å²) in [5.41, 5.74) is 7.65. The minimum absolute atomic E-state index is 0.327. The third-order valence-electron chi connectivity index (χ3n) is 3.61. The molecular weight excluding hydrogens is 246 g/mol. The van der Waals surface area contributed by atoms with E-state index in [0.29, 0.717) is 22.7 Å². The van der Waals surface area contributed by atoms with Gasteiger partial charge in [-0.15, -0.1) is 0 Å². The molecule has 0 radical (unpaired) electrons. The van der Waals surface area contributed by atoms with Gasteiger partial charge >= 0.3 is 0 Å². The zero-order chi connectivity index (χ0) is 13.1. The Hall–Kier alpha value is -1.08. The van der Waals surface area contributed by atoms with Crippen LogP contribution in [-0.2, 0) is 6.54 Å². The molecule has 2 N–H and O–H groups in total. The maximum absolute atomic E-state index is 8.81. The van der Waals surface area contributed by atoms with Gasteiger partial charge in [-0.25, -0.2) is 0 Å². The first kappa shape index (κ1) is 13.4. The molecule has 1 aromatic rings. The number of benzene rings is 1. The maximum Gasteiger partial charge on any atom is 0.0992 e. The Balaban J connectivity index is 2.08. The number of nitrogens with zero attached hydrogens (tertiary/aromatic N) is 2. The summed E-state index contributed by atoms with van der Waals surface area (Å²) in [6.07, 6.45) is 2.08. The SMILES string of the molecule is CC1CC(N)CCN1Cc1ccc(C#N)cc1Cl. The molecule has 0 aromatic heterocycles. The molecule has 2 unspecified atom stereocenters. The zero-order valence-electron chi connectivity index (χ0n) is 10.6. The number of halogens is 1. The van der Waals surface area contributed by atoms with E-state index in [9.17, 15) is 0 Å². The van der Waals surface area contributed by atoms with E-state index in [1.807, 2.05) is 12.1 Å². The summed E-state index contributed by atoms with van der Waals surface area (Å²) in [4.78, 5) is 2.40. The molecule has 1 saturated heterocycles. The van der Waals surface area contributed by atoms with Crippen molar-refractivity contribution in [3.63, 3.8) is 0 Å². The van der Waals surface area contributed by atoms with E-state index in [2.05, 4.69) is 17.9 Å². The van der Waals surface area contributed by atoms with Gasteiger partial charge in [0.15, 0.2) is 0 Å². The summed E-state index contributed by atoms with van der Waals surface area (Å²) in [7, 11) is 0. The summed E-state index contributed by atoms with van der Waals surface area (Å²) in [5.74, 6) is 0. The fraction of sp³-hybridized carbons (Fsp3) is 0.500. The minimum atomic E-state index is 0.327. The van der Waals surface area contributed by atoms with Crippen molar-refractivity contribution in [1.29, 1.82) is 5.26 Å². The van der Waals surface area contributed by atoms with Gasteiger partial charge in [0.2, 0.25) is 0 Å². The molecule has 1 aliphatic heterocycles. The van der Waals surface area contributed by atoms with E-state index in [1.54, 1.807) is 6.07 Å².